The molecule has 0 bridgehead atoms. The number of fused-ring (bicyclic) bond motifs is 1. The SMILES string of the molecule is CCCOc1c(Cl)cc(OCCCBr)c2ccccc12. The van der Waals surface area contributed by atoms with Crippen molar-refractivity contribution < 1.29 is 9.47 Å². The maximum absolute atomic E-state index is 6.34. The molecule has 2 aromatic rings. The van der Waals surface area contributed by atoms with Crippen LogP contribution in [0, 0.1) is 0 Å². The van der Waals surface area contributed by atoms with Gasteiger partial charge in [0.15, 0.2) is 0 Å². The quantitative estimate of drug-likeness (QED) is 0.485. The number of benzene rings is 2. The highest BCUT2D eigenvalue weighted by Crippen LogP contribution is 2.39. The Bertz CT molecular complexity index is 572. The number of rotatable bonds is 7. The van der Waals surface area contributed by atoms with Gasteiger partial charge in [-0.2, -0.15) is 0 Å². The first kappa shape index (κ1) is 15.5. The topological polar surface area (TPSA) is 18.5 Å². The van der Waals surface area contributed by atoms with Gasteiger partial charge in [-0.05, 0) is 12.8 Å². The summed E-state index contributed by atoms with van der Waals surface area (Å²) in [5, 5.41) is 3.57. The van der Waals surface area contributed by atoms with Crippen LogP contribution in [0.15, 0.2) is 30.3 Å². The molecule has 4 heteroatoms. The van der Waals surface area contributed by atoms with E-state index < -0.39 is 0 Å². The second kappa shape index (κ2) is 7.75. The van der Waals surface area contributed by atoms with Gasteiger partial charge in [0.25, 0.3) is 0 Å². The smallest absolute Gasteiger partial charge is 0.145 e. The third-order valence-electron chi connectivity index (χ3n) is 2.90. The predicted octanol–water partition coefficient (Wildman–Crippen LogP) is 5.45. The molecule has 2 rings (SSSR count). The van der Waals surface area contributed by atoms with Crippen molar-refractivity contribution in [3.05, 3.63) is 35.4 Å². The lowest BCUT2D eigenvalue weighted by Crippen LogP contribution is -2.01. The summed E-state index contributed by atoms with van der Waals surface area (Å²) >= 11 is 9.74. The first-order chi connectivity index (χ1) is 9.77. The molecule has 0 fully saturated rings. The van der Waals surface area contributed by atoms with Gasteiger partial charge in [0.2, 0.25) is 0 Å². The van der Waals surface area contributed by atoms with Crippen LogP contribution in [0.25, 0.3) is 10.8 Å². The van der Waals surface area contributed by atoms with Crippen molar-refractivity contribution in [2.45, 2.75) is 19.8 Å². The Hall–Kier alpha value is -0.930. The first-order valence-electron chi connectivity index (χ1n) is 6.80. The molecule has 2 aromatic carbocycles. The van der Waals surface area contributed by atoms with Gasteiger partial charge in [0.1, 0.15) is 11.5 Å². The molecule has 108 valence electrons. The third kappa shape index (κ3) is 3.58. The minimum atomic E-state index is 0.603. The lowest BCUT2D eigenvalue weighted by atomic mass is 10.1. The van der Waals surface area contributed by atoms with Crippen molar-refractivity contribution >= 4 is 38.3 Å². The van der Waals surface area contributed by atoms with Crippen molar-refractivity contribution in [2.75, 3.05) is 18.5 Å². The molecule has 0 aliphatic rings. The molecule has 0 N–H and O–H groups in total. The fraction of sp³-hybridized carbons (Fsp3) is 0.375. The highest BCUT2D eigenvalue weighted by Gasteiger charge is 2.12. The maximum Gasteiger partial charge on any atom is 0.145 e. The van der Waals surface area contributed by atoms with E-state index in [1.54, 1.807) is 0 Å². The number of halogens is 2. The Kier molecular flexibility index (Phi) is 5.99. The van der Waals surface area contributed by atoms with E-state index in [9.17, 15) is 0 Å². The molecule has 0 radical (unpaired) electrons. The number of alkyl halides is 1. The molecule has 0 amide bonds. The van der Waals surface area contributed by atoms with Crippen molar-refractivity contribution in [3.8, 4) is 11.5 Å². The minimum absolute atomic E-state index is 0.603. The molecular formula is C16H18BrClO2. The van der Waals surface area contributed by atoms with Gasteiger partial charge in [-0.25, -0.2) is 0 Å². The average Bonchev–Trinajstić information content (AvgIpc) is 2.47. The molecule has 0 atom stereocenters. The van der Waals surface area contributed by atoms with Crippen molar-refractivity contribution in [2.24, 2.45) is 0 Å². The van der Waals surface area contributed by atoms with E-state index in [4.69, 9.17) is 21.1 Å². The van der Waals surface area contributed by atoms with Crippen LogP contribution in [0.4, 0.5) is 0 Å². The zero-order chi connectivity index (χ0) is 14.4. The van der Waals surface area contributed by atoms with E-state index in [1.165, 1.54) is 0 Å². The summed E-state index contributed by atoms with van der Waals surface area (Å²) in [6, 6.07) is 9.89. The highest BCUT2D eigenvalue weighted by atomic mass is 79.9. The Morgan fingerprint density at radius 3 is 2.55 bits per heavy atom. The number of hydrogen-bond donors (Lipinski definition) is 0. The highest BCUT2D eigenvalue weighted by molar-refractivity contribution is 9.09. The fourth-order valence-corrected chi connectivity index (χ4v) is 2.47. The van der Waals surface area contributed by atoms with E-state index in [0.29, 0.717) is 18.2 Å². The summed E-state index contributed by atoms with van der Waals surface area (Å²) < 4.78 is 11.6. The van der Waals surface area contributed by atoms with Crippen LogP contribution in [0.2, 0.25) is 5.02 Å². The summed E-state index contributed by atoms with van der Waals surface area (Å²) in [6.45, 7) is 3.40. The lowest BCUT2D eigenvalue weighted by Gasteiger charge is -2.14. The standard InChI is InChI=1S/C16H18BrClO2/c1-2-9-20-16-13-7-4-3-6-12(13)15(11-14(16)18)19-10-5-8-17/h3-4,6-7,11H,2,5,8-10H2,1H3. The summed E-state index contributed by atoms with van der Waals surface area (Å²) in [5.74, 6) is 1.56. The van der Waals surface area contributed by atoms with Crippen molar-refractivity contribution in [1.29, 1.82) is 0 Å². The summed E-state index contributed by atoms with van der Waals surface area (Å²) in [6.07, 6.45) is 1.91. The van der Waals surface area contributed by atoms with Gasteiger partial charge >= 0.3 is 0 Å². The van der Waals surface area contributed by atoms with Crippen LogP contribution in [-0.2, 0) is 0 Å². The van der Waals surface area contributed by atoms with Crippen LogP contribution in [0.3, 0.4) is 0 Å². The van der Waals surface area contributed by atoms with Gasteiger partial charge in [-0.1, -0.05) is 58.7 Å². The van der Waals surface area contributed by atoms with Gasteiger partial charge in [-0.3, -0.25) is 0 Å². The molecule has 0 saturated carbocycles. The van der Waals surface area contributed by atoms with Crippen LogP contribution in [0.5, 0.6) is 11.5 Å². The molecule has 0 heterocycles. The monoisotopic (exact) mass is 356 g/mol. The number of hydrogen-bond acceptors (Lipinski definition) is 2. The molecule has 0 aliphatic heterocycles. The van der Waals surface area contributed by atoms with Gasteiger partial charge < -0.3 is 9.47 Å². The number of ether oxygens (including phenoxy) is 2. The van der Waals surface area contributed by atoms with Crippen LogP contribution >= 0.6 is 27.5 Å². The molecule has 0 saturated heterocycles. The van der Waals surface area contributed by atoms with Gasteiger partial charge in [0.05, 0.1) is 18.2 Å². The minimum Gasteiger partial charge on any atom is -0.493 e. The van der Waals surface area contributed by atoms with Gasteiger partial charge in [0, 0.05) is 22.2 Å². The van der Waals surface area contributed by atoms with E-state index in [-0.39, 0.29) is 0 Å². The molecule has 0 unspecified atom stereocenters. The zero-order valence-corrected chi connectivity index (χ0v) is 13.8. The average molecular weight is 358 g/mol. The maximum atomic E-state index is 6.34. The Labute approximate surface area is 133 Å². The van der Waals surface area contributed by atoms with E-state index in [1.807, 2.05) is 30.3 Å². The Balaban J connectivity index is 2.40. The zero-order valence-electron chi connectivity index (χ0n) is 11.5. The summed E-state index contributed by atoms with van der Waals surface area (Å²) in [7, 11) is 0. The Morgan fingerprint density at radius 1 is 1.10 bits per heavy atom. The first-order valence-corrected chi connectivity index (χ1v) is 8.30. The second-order valence-corrected chi connectivity index (χ2v) is 5.67. The van der Waals surface area contributed by atoms with Gasteiger partial charge in [-0.15, -0.1) is 0 Å². The van der Waals surface area contributed by atoms with Crippen molar-refractivity contribution in [3.63, 3.8) is 0 Å². The normalized spacial score (nSPS) is 10.8. The predicted molar refractivity (Wildman–Crippen MR) is 88.7 cm³/mol. The largest absolute Gasteiger partial charge is 0.493 e. The lowest BCUT2D eigenvalue weighted by molar-refractivity contribution is 0.315. The second-order valence-electron chi connectivity index (χ2n) is 4.47. The molecule has 0 aromatic heterocycles. The van der Waals surface area contributed by atoms with E-state index in [2.05, 4.69) is 22.9 Å². The van der Waals surface area contributed by atoms with Crippen LogP contribution in [0.1, 0.15) is 19.8 Å². The van der Waals surface area contributed by atoms with Crippen molar-refractivity contribution in [1.82, 2.24) is 0 Å². The van der Waals surface area contributed by atoms with E-state index in [0.717, 1.165) is 40.4 Å². The summed E-state index contributed by atoms with van der Waals surface area (Å²) in [5.41, 5.74) is 0. The molecule has 0 aliphatic carbocycles. The van der Waals surface area contributed by atoms with Crippen LogP contribution in [-0.4, -0.2) is 18.5 Å². The molecule has 20 heavy (non-hydrogen) atoms. The molecule has 0 spiro atoms. The molecular weight excluding hydrogens is 340 g/mol. The van der Waals surface area contributed by atoms with E-state index >= 15 is 0 Å². The fourth-order valence-electron chi connectivity index (χ4n) is 1.99. The van der Waals surface area contributed by atoms with Crippen LogP contribution < -0.4 is 9.47 Å². The summed E-state index contributed by atoms with van der Waals surface area (Å²) in [4.78, 5) is 0. The molecule has 2 nitrogen and oxygen atoms in total. The Morgan fingerprint density at radius 2 is 1.85 bits per heavy atom. The third-order valence-corrected chi connectivity index (χ3v) is 3.74.